The van der Waals surface area contributed by atoms with Crippen molar-refractivity contribution in [3.8, 4) is 0 Å². The summed E-state index contributed by atoms with van der Waals surface area (Å²) in [6, 6.07) is 8.84. The Hall–Kier alpha value is -0.850. The van der Waals surface area contributed by atoms with Crippen molar-refractivity contribution in [3.63, 3.8) is 0 Å². The fourth-order valence-electron chi connectivity index (χ4n) is 1.38. The number of ether oxygens (including phenoxy) is 1. The number of benzene rings is 1. The molecule has 0 aliphatic heterocycles. The normalized spacial score (nSPS) is 10.3. The maximum atomic E-state index is 11.8. The monoisotopic (exact) mass is 389 g/mol. The summed E-state index contributed by atoms with van der Waals surface area (Å²) in [5.41, 5.74) is 6.63. The average Bonchev–Trinajstić information content (AvgIpc) is 2.70. The summed E-state index contributed by atoms with van der Waals surface area (Å²) in [5, 5.41) is 0. The Morgan fingerprint density at radius 3 is 2.67 bits per heavy atom. The van der Waals surface area contributed by atoms with Crippen LogP contribution in [-0.4, -0.2) is 5.97 Å². The van der Waals surface area contributed by atoms with Crippen molar-refractivity contribution in [1.29, 1.82) is 0 Å². The zero-order valence-corrected chi connectivity index (χ0v) is 13.1. The third-order valence-electron chi connectivity index (χ3n) is 2.13. The van der Waals surface area contributed by atoms with Gasteiger partial charge in [-0.15, -0.1) is 11.3 Å². The molecule has 0 saturated heterocycles. The Labute approximate surface area is 125 Å². The molecule has 0 spiro atoms. The first-order valence-electron chi connectivity index (χ1n) is 5.02. The number of rotatable bonds is 3. The number of hydrogen-bond acceptors (Lipinski definition) is 4. The van der Waals surface area contributed by atoms with Crippen LogP contribution in [0.25, 0.3) is 0 Å². The van der Waals surface area contributed by atoms with E-state index in [1.54, 1.807) is 18.2 Å². The van der Waals surface area contributed by atoms with Crippen molar-refractivity contribution in [2.45, 2.75) is 6.61 Å². The summed E-state index contributed by atoms with van der Waals surface area (Å²) in [7, 11) is 0. The quantitative estimate of drug-likeness (QED) is 0.630. The molecule has 3 nitrogen and oxygen atoms in total. The molecule has 0 aliphatic rings. The second-order valence-corrected chi connectivity index (χ2v) is 7.02. The number of nitrogens with two attached hydrogens (primary N) is 1. The SMILES string of the molecule is Nc1cc(Br)cc(C(=O)OCc2ccc(Br)s2)c1. The Bertz CT molecular complexity index is 563. The highest BCUT2D eigenvalue weighted by Crippen LogP contribution is 2.23. The van der Waals surface area contributed by atoms with Gasteiger partial charge in [0.15, 0.2) is 0 Å². The fourth-order valence-corrected chi connectivity index (χ4v) is 3.29. The second kappa shape index (κ2) is 5.86. The largest absolute Gasteiger partial charge is 0.456 e. The topological polar surface area (TPSA) is 52.3 Å². The fraction of sp³-hybridized carbons (Fsp3) is 0.0833. The van der Waals surface area contributed by atoms with Crippen LogP contribution in [0.1, 0.15) is 15.2 Å². The van der Waals surface area contributed by atoms with E-state index in [-0.39, 0.29) is 12.6 Å². The lowest BCUT2D eigenvalue weighted by molar-refractivity contribution is 0.0477. The molecule has 6 heteroatoms. The maximum Gasteiger partial charge on any atom is 0.338 e. The number of carbonyl (C=O) groups excluding carboxylic acids is 1. The number of halogens is 2. The minimum absolute atomic E-state index is 0.265. The molecular formula is C12H9Br2NO2S. The van der Waals surface area contributed by atoms with Gasteiger partial charge in [0.1, 0.15) is 6.61 Å². The molecule has 1 aromatic carbocycles. The van der Waals surface area contributed by atoms with Gasteiger partial charge in [0.2, 0.25) is 0 Å². The van der Waals surface area contributed by atoms with Gasteiger partial charge in [-0.2, -0.15) is 0 Å². The molecule has 0 saturated carbocycles. The van der Waals surface area contributed by atoms with Crippen LogP contribution in [-0.2, 0) is 11.3 Å². The molecule has 2 N–H and O–H groups in total. The molecule has 0 fully saturated rings. The van der Waals surface area contributed by atoms with Crippen LogP contribution in [0, 0.1) is 0 Å². The summed E-state index contributed by atoms with van der Waals surface area (Å²) in [6.45, 7) is 0.265. The number of thiophene rings is 1. The molecule has 0 unspecified atom stereocenters. The molecule has 0 bridgehead atoms. The van der Waals surface area contributed by atoms with Gasteiger partial charge >= 0.3 is 5.97 Å². The van der Waals surface area contributed by atoms with E-state index < -0.39 is 0 Å². The molecule has 1 heterocycles. The molecule has 2 rings (SSSR count). The van der Waals surface area contributed by atoms with E-state index in [9.17, 15) is 4.79 Å². The standard InChI is InChI=1S/C12H9Br2NO2S/c13-8-3-7(4-9(15)5-8)12(16)17-6-10-1-2-11(14)18-10/h1-5H,6,15H2. The van der Waals surface area contributed by atoms with Crippen molar-refractivity contribution >= 4 is 54.9 Å². The van der Waals surface area contributed by atoms with Gasteiger partial charge in [-0.25, -0.2) is 4.79 Å². The summed E-state index contributed by atoms with van der Waals surface area (Å²) in [6.07, 6.45) is 0. The lowest BCUT2D eigenvalue weighted by Gasteiger charge is -2.04. The van der Waals surface area contributed by atoms with Crippen LogP contribution < -0.4 is 5.73 Å². The lowest BCUT2D eigenvalue weighted by Crippen LogP contribution is -2.05. The maximum absolute atomic E-state index is 11.8. The number of nitrogen functional groups attached to an aromatic ring is 1. The van der Waals surface area contributed by atoms with Crippen LogP contribution in [0.15, 0.2) is 38.6 Å². The number of anilines is 1. The summed E-state index contributed by atoms with van der Waals surface area (Å²) >= 11 is 8.18. The highest BCUT2D eigenvalue weighted by molar-refractivity contribution is 9.11. The smallest absolute Gasteiger partial charge is 0.338 e. The zero-order chi connectivity index (χ0) is 13.1. The summed E-state index contributed by atoms with van der Waals surface area (Å²) in [5.74, 6) is -0.382. The number of hydrogen-bond donors (Lipinski definition) is 1. The molecule has 1 aromatic heterocycles. The zero-order valence-electron chi connectivity index (χ0n) is 9.15. The van der Waals surface area contributed by atoms with Crippen LogP contribution in [0.2, 0.25) is 0 Å². The van der Waals surface area contributed by atoms with Gasteiger partial charge in [0.25, 0.3) is 0 Å². The molecule has 94 valence electrons. The van der Waals surface area contributed by atoms with Crippen molar-refractivity contribution < 1.29 is 9.53 Å². The van der Waals surface area contributed by atoms with Crippen LogP contribution in [0.3, 0.4) is 0 Å². The van der Waals surface area contributed by atoms with Crippen LogP contribution >= 0.6 is 43.2 Å². The highest BCUT2D eigenvalue weighted by Gasteiger charge is 2.09. The molecule has 0 radical (unpaired) electrons. The van der Waals surface area contributed by atoms with Crippen molar-refractivity contribution in [3.05, 3.63) is 49.0 Å². The predicted octanol–water partition coefficient (Wildman–Crippen LogP) is 4.21. The Balaban J connectivity index is 2.03. The second-order valence-electron chi connectivity index (χ2n) is 3.56. The van der Waals surface area contributed by atoms with Crippen LogP contribution in [0.4, 0.5) is 5.69 Å². The molecular weight excluding hydrogens is 382 g/mol. The van der Waals surface area contributed by atoms with Gasteiger partial charge in [-0.1, -0.05) is 15.9 Å². The first-order chi connectivity index (χ1) is 8.54. The molecule has 0 atom stereocenters. The number of carbonyl (C=O) groups is 1. The molecule has 0 amide bonds. The summed E-state index contributed by atoms with van der Waals surface area (Å²) < 4.78 is 6.98. The van der Waals surface area contributed by atoms with Crippen molar-refractivity contribution in [2.75, 3.05) is 5.73 Å². The van der Waals surface area contributed by atoms with E-state index in [0.29, 0.717) is 11.3 Å². The Kier molecular flexibility index (Phi) is 4.42. The molecule has 18 heavy (non-hydrogen) atoms. The first kappa shape index (κ1) is 13.6. The average molecular weight is 391 g/mol. The minimum Gasteiger partial charge on any atom is -0.456 e. The lowest BCUT2D eigenvalue weighted by atomic mass is 10.2. The molecule has 0 aliphatic carbocycles. The van der Waals surface area contributed by atoms with E-state index in [1.165, 1.54) is 11.3 Å². The Morgan fingerprint density at radius 1 is 1.28 bits per heavy atom. The van der Waals surface area contributed by atoms with Crippen LogP contribution in [0.5, 0.6) is 0 Å². The molecule has 2 aromatic rings. The number of esters is 1. The minimum atomic E-state index is -0.382. The Morgan fingerprint density at radius 2 is 2.06 bits per heavy atom. The van der Waals surface area contributed by atoms with Gasteiger partial charge in [0, 0.05) is 15.0 Å². The van der Waals surface area contributed by atoms with E-state index >= 15 is 0 Å². The van der Waals surface area contributed by atoms with Gasteiger partial charge in [-0.05, 0) is 46.3 Å². The van der Waals surface area contributed by atoms with Gasteiger partial charge < -0.3 is 10.5 Å². The van der Waals surface area contributed by atoms with Gasteiger partial charge in [0.05, 0.1) is 9.35 Å². The van der Waals surface area contributed by atoms with E-state index in [1.807, 2.05) is 12.1 Å². The third-order valence-corrected chi connectivity index (χ3v) is 4.19. The third kappa shape index (κ3) is 3.57. The predicted molar refractivity (Wildman–Crippen MR) is 79.7 cm³/mol. The van der Waals surface area contributed by atoms with E-state index in [0.717, 1.165) is 13.1 Å². The first-order valence-corrected chi connectivity index (χ1v) is 7.42. The van der Waals surface area contributed by atoms with Gasteiger partial charge in [-0.3, -0.25) is 0 Å². The van der Waals surface area contributed by atoms with E-state index in [4.69, 9.17) is 10.5 Å². The summed E-state index contributed by atoms with van der Waals surface area (Å²) in [4.78, 5) is 12.8. The highest BCUT2D eigenvalue weighted by atomic mass is 79.9. The van der Waals surface area contributed by atoms with Crippen molar-refractivity contribution in [1.82, 2.24) is 0 Å². The van der Waals surface area contributed by atoms with Crippen molar-refractivity contribution in [2.24, 2.45) is 0 Å². The van der Waals surface area contributed by atoms with E-state index in [2.05, 4.69) is 31.9 Å².